The first kappa shape index (κ1) is 7.56. The van der Waals surface area contributed by atoms with Crippen molar-refractivity contribution >= 4 is 0 Å². The zero-order chi connectivity index (χ0) is 7.90. The lowest BCUT2D eigenvalue weighted by atomic mass is 9.92. The number of methoxy groups -OCH3 is 1. The van der Waals surface area contributed by atoms with Gasteiger partial charge in [-0.1, -0.05) is 0 Å². The van der Waals surface area contributed by atoms with E-state index in [0.29, 0.717) is 0 Å². The Balaban J connectivity index is 2.07. The molecule has 0 unspecified atom stereocenters. The second-order valence-electron chi connectivity index (χ2n) is 3.91. The lowest BCUT2D eigenvalue weighted by molar-refractivity contribution is -0.0402. The Kier molecular flexibility index (Phi) is 1.69. The summed E-state index contributed by atoms with van der Waals surface area (Å²) in [5, 5.41) is 0. The predicted octanol–water partition coefficient (Wildman–Crippen LogP) is 1.15. The number of nitrogens with two attached hydrogens (primary N) is 1. The largest absolute Gasteiger partial charge is 0.376 e. The maximum absolute atomic E-state index is 5.78. The van der Waals surface area contributed by atoms with Gasteiger partial charge in [0, 0.05) is 13.7 Å². The van der Waals surface area contributed by atoms with Gasteiger partial charge < -0.3 is 10.5 Å². The van der Waals surface area contributed by atoms with E-state index in [1.54, 1.807) is 0 Å². The summed E-state index contributed by atoms with van der Waals surface area (Å²) in [4.78, 5) is 0. The van der Waals surface area contributed by atoms with Gasteiger partial charge in [0.2, 0.25) is 0 Å². The molecule has 2 saturated carbocycles. The highest BCUT2D eigenvalue weighted by Gasteiger charge is 2.53. The number of ether oxygens (including phenoxy) is 1. The molecule has 0 spiro atoms. The van der Waals surface area contributed by atoms with Crippen LogP contribution in [0, 0.1) is 11.8 Å². The van der Waals surface area contributed by atoms with Gasteiger partial charge in [-0.2, -0.15) is 0 Å². The van der Waals surface area contributed by atoms with Crippen LogP contribution >= 0.6 is 0 Å². The fourth-order valence-electron chi connectivity index (χ4n) is 2.23. The minimum Gasteiger partial charge on any atom is -0.376 e. The average molecular weight is 155 g/mol. The summed E-state index contributed by atoms with van der Waals surface area (Å²) in [6, 6.07) is 0. The molecule has 0 amide bonds. The van der Waals surface area contributed by atoms with Crippen molar-refractivity contribution in [2.24, 2.45) is 17.6 Å². The van der Waals surface area contributed by atoms with Crippen LogP contribution in [-0.2, 0) is 4.74 Å². The summed E-state index contributed by atoms with van der Waals surface area (Å²) in [7, 11) is 1.82. The minimum absolute atomic E-state index is 0.0833. The zero-order valence-corrected chi connectivity index (χ0v) is 7.18. The van der Waals surface area contributed by atoms with Crippen molar-refractivity contribution in [1.29, 1.82) is 0 Å². The van der Waals surface area contributed by atoms with E-state index in [1.807, 2.05) is 7.11 Å². The van der Waals surface area contributed by atoms with Crippen molar-refractivity contribution in [3.05, 3.63) is 0 Å². The predicted molar refractivity (Wildman–Crippen MR) is 44.2 cm³/mol. The summed E-state index contributed by atoms with van der Waals surface area (Å²) in [5.41, 5.74) is 5.86. The fraction of sp³-hybridized carbons (Fsp3) is 1.00. The average Bonchev–Trinajstić information content (AvgIpc) is 2.87. The third-order valence-electron chi connectivity index (χ3n) is 3.24. The van der Waals surface area contributed by atoms with E-state index in [4.69, 9.17) is 10.5 Å². The molecule has 2 heteroatoms. The van der Waals surface area contributed by atoms with Crippen LogP contribution in [0.2, 0.25) is 0 Å². The molecule has 0 saturated heterocycles. The van der Waals surface area contributed by atoms with E-state index in [0.717, 1.165) is 18.4 Å². The molecule has 2 rings (SSSR count). The molecule has 2 aliphatic carbocycles. The SMILES string of the molecule is COC(CN)(C1CC1)C1CC1. The summed E-state index contributed by atoms with van der Waals surface area (Å²) in [6.07, 6.45) is 5.34. The minimum atomic E-state index is 0.0833. The van der Waals surface area contributed by atoms with Gasteiger partial charge in [0.25, 0.3) is 0 Å². The molecule has 0 bridgehead atoms. The maximum Gasteiger partial charge on any atom is 0.0856 e. The standard InChI is InChI=1S/C9H17NO/c1-11-9(6-10,7-2-3-7)8-4-5-8/h7-8H,2-6,10H2,1H3. The van der Waals surface area contributed by atoms with Gasteiger partial charge in [0.05, 0.1) is 5.60 Å². The molecule has 2 fully saturated rings. The van der Waals surface area contributed by atoms with Gasteiger partial charge in [0.15, 0.2) is 0 Å². The third-order valence-corrected chi connectivity index (χ3v) is 3.24. The molecule has 0 aromatic carbocycles. The number of hydrogen-bond donors (Lipinski definition) is 1. The molecule has 0 radical (unpaired) electrons. The van der Waals surface area contributed by atoms with Crippen LogP contribution in [0.3, 0.4) is 0 Å². The molecule has 2 N–H and O–H groups in total. The van der Waals surface area contributed by atoms with Crippen LogP contribution in [0.5, 0.6) is 0 Å². The highest BCUT2D eigenvalue weighted by Crippen LogP contribution is 2.53. The molecule has 11 heavy (non-hydrogen) atoms. The Hall–Kier alpha value is -0.0800. The molecule has 0 heterocycles. The van der Waals surface area contributed by atoms with Crippen molar-refractivity contribution in [3.63, 3.8) is 0 Å². The molecule has 2 aliphatic rings. The second kappa shape index (κ2) is 2.46. The van der Waals surface area contributed by atoms with Gasteiger partial charge in [-0.15, -0.1) is 0 Å². The summed E-state index contributed by atoms with van der Waals surface area (Å²) < 4.78 is 5.61. The van der Waals surface area contributed by atoms with Crippen LogP contribution in [0.1, 0.15) is 25.7 Å². The van der Waals surface area contributed by atoms with E-state index in [1.165, 1.54) is 25.7 Å². The molecule has 0 aliphatic heterocycles. The van der Waals surface area contributed by atoms with Crippen molar-refractivity contribution < 1.29 is 4.74 Å². The highest BCUT2D eigenvalue weighted by atomic mass is 16.5. The van der Waals surface area contributed by atoms with E-state index in [9.17, 15) is 0 Å². The van der Waals surface area contributed by atoms with Gasteiger partial charge in [-0.05, 0) is 37.5 Å². The molecule has 2 nitrogen and oxygen atoms in total. The monoisotopic (exact) mass is 155 g/mol. The molecule has 0 aromatic heterocycles. The molecule has 64 valence electrons. The van der Waals surface area contributed by atoms with Crippen molar-refractivity contribution in [2.45, 2.75) is 31.3 Å². The van der Waals surface area contributed by atoms with Gasteiger partial charge in [0.1, 0.15) is 0 Å². The Morgan fingerprint density at radius 3 is 1.91 bits per heavy atom. The Labute approximate surface area is 68.1 Å². The van der Waals surface area contributed by atoms with E-state index >= 15 is 0 Å². The quantitative estimate of drug-likeness (QED) is 0.661. The van der Waals surface area contributed by atoms with Crippen LogP contribution in [-0.4, -0.2) is 19.3 Å². The Morgan fingerprint density at radius 2 is 1.73 bits per heavy atom. The lowest BCUT2D eigenvalue weighted by Gasteiger charge is -2.31. The summed E-state index contributed by atoms with van der Waals surface area (Å²) in [6.45, 7) is 0.721. The molecular weight excluding hydrogens is 138 g/mol. The fourth-order valence-corrected chi connectivity index (χ4v) is 2.23. The third kappa shape index (κ3) is 1.09. The van der Waals surface area contributed by atoms with Crippen molar-refractivity contribution in [3.8, 4) is 0 Å². The molecule has 0 atom stereocenters. The van der Waals surface area contributed by atoms with Gasteiger partial charge >= 0.3 is 0 Å². The first-order valence-corrected chi connectivity index (χ1v) is 4.58. The van der Waals surface area contributed by atoms with Crippen LogP contribution in [0.25, 0.3) is 0 Å². The topological polar surface area (TPSA) is 35.2 Å². The van der Waals surface area contributed by atoms with Crippen LogP contribution in [0.15, 0.2) is 0 Å². The van der Waals surface area contributed by atoms with Crippen molar-refractivity contribution in [2.75, 3.05) is 13.7 Å². The number of hydrogen-bond acceptors (Lipinski definition) is 2. The first-order valence-electron chi connectivity index (χ1n) is 4.58. The lowest BCUT2D eigenvalue weighted by Crippen LogP contribution is -2.44. The Bertz CT molecular complexity index is 132. The maximum atomic E-state index is 5.78. The summed E-state index contributed by atoms with van der Waals surface area (Å²) >= 11 is 0. The molecule has 0 aromatic rings. The van der Waals surface area contributed by atoms with Crippen LogP contribution < -0.4 is 5.73 Å². The van der Waals surface area contributed by atoms with Crippen molar-refractivity contribution in [1.82, 2.24) is 0 Å². The highest BCUT2D eigenvalue weighted by molar-refractivity contribution is 5.05. The van der Waals surface area contributed by atoms with E-state index < -0.39 is 0 Å². The molecular formula is C9H17NO. The van der Waals surface area contributed by atoms with Crippen LogP contribution in [0.4, 0.5) is 0 Å². The zero-order valence-electron chi connectivity index (χ0n) is 7.18. The normalized spacial score (nSPS) is 25.6. The number of rotatable bonds is 4. The smallest absolute Gasteiger partial charge is 0.0856 e. The second-order valence-corrected chi connectivity index (χ2v) is 3.91. The summed E-state index contributed by atoms with van der Waals surface area (Å²) in [5.74, 6) is 1.56. The van der Waals surface area contributed by atoms with Gasteiger partial charge in [-0.25, -0.2) is 0 Å². The Morgan fingerprint density at radius 1 is 1.27 bits per heavy atom. The van der Waals surface area contributed by atoms with E-state index in [-0.39, 0.29) is 5.60 Å². The first-order chi connectivity index (χ1) is 5.33. The van der Waals surface area contributed by atoms with Gasteiger partial charge in [-0.3, -0.25) is 0 Å². The van der Waals surface area contributed by atoms with E-state index in [2.05, 4.69) is 0 Å².